The van der Waals surface area contributed by atoms with Crippen LogP contribution in [0.5, 0.6) is 0 Å². The summed E-state index contributed by atoms with van der Waals surface area (Å²) in [6.07, 6.45) is 3.88. The number of sulfonamides is 1. The largest absolute Gasteiger partial charge is 0.326 e. The molecule has 0 spiro atoms. The van der Waals surface area contributed by atoms with Gasteiger partial charge in [0, 0.05) is 30.2 Å². The lowest BCUT2D eigenvalue weighted by Crippen LogP contribution is -2.15. The van der Waals surface area contributed by atoms with Gasteiger partial charge in [-0.1, -0.05) is 0 Å². The molecule has 0 unspecified atom stereocenters. The van der Waals surface area contributed by atoms with E-state index in [0.717, 1.165) is 17.5 Å². The van der Waals surface area contributed by atoms with Gasteiger partial charge in [0.2, 0.25) is 5.91 Å². The third kappa shape index (κ3) is 4.89. The maximum absolute atomic E-state index is 12.3. The van der Waals surface area contributed by atoms with Gasteiger partial charge in [-0.2, -0.15) is 5.10 Å². The molecular formula is C15H14N6O5S2. The van der Waals surface area contributed by atoms with Crippen molar-refractivity contribution in [2.24, 2.45) is 0 Å². The van der Waals surface area contributed by atoms with Crippen LogP contribution in [0.4, 0.5) is 16.5 Å². The molecule has 0 aliphatic rings. The minimum absolute atomic E-state index is 0.0320. The number of aryl methyl sites for hydroxylation is 1. The Morgan fingerprint density at radius 3 is 2.64 bits per heavy atom. The van der Waals surface area contributed by atoms with E-state index >= 15 is 0 Å². The maximum atomic E-state index is 12.3. The predicted molar refractivity (Wildman–Crippen MR) is 101 cm³/mol. The van der Waals surface area contributed by atoms with E-state index in [2.05, 4.69) is 20.1 Å². The number of carbonyl (C=O) groups excluding carboxylic acids is 1. The number of thiazole rings is 1. The van der Waals surface area contributed by atoms with Crippen molar-refractivity contribution in [2.75, 3.05) is 10.0 Å². The highest BCUT2D eigenvalue weighted by Crippen LogP contribution is 2.19. The van der Waals surface area contributed by atoms with Crippen molar-refractivity contribution in [1.29, 1.82) is 0 Å². The summed E-state index contributed by atoms with van der Waals surface area (Å²) in [6, 6.07) is 5.66. The van der Waals surface area contributed by atoms with Gasteiger partial charge < -0.3 is 5.32 Å². The zero-order valence-corrected chi connectivity index (χ0v) is 15.8. The molecule has 2 heterocycles. The first-order valence-electron chi connectivity index (χ1n) is 7.82. The fourth-order valence-electron chi connectivity index (χ4n) is 2.17. The molecule has 0 atom stereocenters. The van der Waals surface area contributed by atoms with Crippen LogP contribution in [-0.4, -0.2) is 34.0 Å². The minimum Gasteiger partial charge on any atom is -0.326 e. The summed E-state index contributed by atoms with van der Waals surface area (Å²) < 4.78 is 28.2. The van der Waals surface area contributed by atoms with Gasteiger partial charge in [0.1, 0.15) is 12.4 Å². The highest BCUT2D eigenvalue weighted by molar-refractivity contribution is 7.93. The number of benzene rings is 1. The monoisotopic (exact) mass is 422 g/mol. The Hall–Kier alpha value is -3.32. The Balaban J connectivity index is 1.55. The van der Waals surface area contributed by atoms with E-state index < -0.39 is 14.9 Å². The fourth-order valence-corrected chi connectivity index (χ4v) is 3.96. The number of aromatic nitrogens is 3. The van der Waals surface area contributed by atoms with Crippen molar-refractivity contribution in [1.82, 2.24) is 14.8 Å². The lowest BCUT2D eigenvalue weighted by molar-refractivity contribution is -0.385. The van der Waals surface area contributed by atoms with E-state index in [1.807, 2.05) is 0 Å². The molecule has 0 saturated heterocycles. The van der Waals surface area contributed by atoms with Crippen LogP contribution in [0.1, 0.15) is 6.42 Å². The third-order valence-electron chi connectivity index (χ3n) is 3.50. The van der Waals surface area contributed by atoms with E-state index in [1.165, 1.54) is 41.3 Å². The van der Waals surface area contributed by atoms with Crippen molar-refractivity contribution in [3.63, 3.8) is 0 Å². The van der Waals surface area contributed by atoms with E-state index in [-0.39, 0.29) is 34.6 Å². The van der Waals surface area contributed by atoms with Crippen molar-refractivity contribution >= 4 is 43.8 Å². The quantitative estimate of drug-likeness (QED) is 0.417. The average Bonchev–Trinajstić information content (AvgIpc) is 3.32. The average molecular weight is 422 g/mol. The Labute approximate surface area is 163 Å². The maximum Gasteiger partial charge on any atom is 0.306 e. The molecule has 0 radical (unpaired) electrons. The predicted octanol–water partition coefficient (Wildman–Crippen LogP) is 2.08. The lowest BCUT2D eigenvalue weighted by atomic mass is 10.3. The molecule has 0 fully saturated rings. The second kappa shape index (κ2) is 8.14. The molecule has 2 N–H and O–H groups in total. The number of nitrogens with zero attached hydrogens (tertiary/aromatic N) is 4. The second-order valence-electron chi connectivity index (χ2n) is 5.48. The van der Waals surface area contributed by atoms with Crippen LogP contribution < -0.4 is 10.0 Å². The third-order valence-corrected chi connectivity index (χ3v) is 5.67. The second-order valence-corrected chi connectivity index (χ2v) is 8.06. The molecule has 11 nitrogen and oxygen atoms in total. The Morgan fingerprint density at radius 1 is 1.29 bits per heavy atom. The lowest BCUT2D eigenvalue weighted by Gasteiger charge is -2.08. The van der Waals surface area contributed by atoms with Crippen LogP contribution in [0.15, 0.2) is 53.1 Å². The first-order chi connectivity index (χ1) is 13.3. The number of anilines is 2. The van der Waals surface area contributed by atoms with Crippen molar-refractivity contribution in [3.05, 3.63) is 58.4 Å². The standard InChI is InChI=1S/C15H14N6O5S2/c22-14(5-7-20-10-12(9-17-20)21(23)24)18-11-1-3-13(4-2-11)28(25,26)19-15-16-6-8-27-15/h1-4,6,8-10H,5,7H2,(H,16,19)(H,18,22). The molecule has 1 aromatic carbocycles. The van der Waals surface area contributed by atoms with Crippen molar-refractivity contribution < 1.29 is 18.1 Å². The van der Waals surface area contributed by atoms with Gasteiger partial charge in [0.15, 0.2) is 5.13 Å². The minimum atomic E-state index is -3.76. The molecule has 0 aliphatic carbocycles. The Bertz CT molecular complexity index is 1080. The number of carbonyl (C=O) groups is 1. The molecular weight excluding hydrogens is 408 g/mol. The summed E-state index contributed by atoms with van der Waals surface area (Å²) >= 11 is 1.16. The van der Waals surface area contributed by atoms with Gasteiger partial charge in [0.05, 0.1) is 9.82 Å². The van der Waals surface area contributed by atoms with Crippen LogP contribution in [0, 0.1) is 10.1 Å². The summed E-state index contributed by atoms with van der Waals surface area (Å²) in [4.78, 5) is 25.9. The molecule has 1 amide bonds. The van der Waals surface area contributed by atoms with Crippen molar-refractivity contribution in [3.8, 4) is 0 Å². The molecule has 0 bridgehead atoms. The topological polar surface area (TPSA) is 149 Å². The van der Waals surface area contributed by atoms with Crippen molar-refractivity contribution in [2.45, 2.75) is 17.9 Å². The SMILES string of the molecule is O=C(CCn1cc([N+](=O)[O-])cn1)Nc1ccc(S(=O)(=O)Nc2nccs2)cc1. The van der Waals surface area contributed by atoms with Gasteiger partial charge in [-0.3, -0.25) is 24.3 Å². The molecule has 0 saturated carbocycles. The molecule has 146 valence electrons. The number of amides is 1. The number of nitrogens with one attached hydrogen (secondary N) is 2. The number of hydrogen-bond acceptors (Lipinski definition) is 8. The molecule has 13 heteroatoms. The Kier molecular flexibility index (Phi) is 5.65. The molecule has 0 aliphatic heterocycles. The zero-order valence-electron chi connectivity index (χ0n) is 14.2. The molecule has 28 heavy (non-hydrogen) atoms. The molecule has 3 rings (SSSR count). The summed E-state index contributed by atoms with van der Waals surface area (Å²) in [7, 11) is -3.76. The van der Waals surface area contributed by atoms with Crippen LogP contribution in [0.2, 0.25) is 0 Å². The Morgan fingerprint density at radius 2 is 2.04 bits per heavy atom. The van der Waals surface area contributed by atoms with Gasteiger partial charge >= 0.3 is 5.69 Å². The molecule has 2 aromatic heterocycles. The first-order valence-corrected chi connectivity index (χ1v) is 10.2. The van der Waals surface area contributed by atoms with Gasteiger partial charge in [0.25, 0.3) is 10.0 Å². The number of hydrogen-bond donors (Lipinski definition) is 2. The van der Waals surface area contributed by atoms with E-state index in [0.29, 0.717) is 5.69 Å². The van der Waals surface area contributed by atoms with Gasteiger partial charge in [-0.25, -0.2) is 13.4 Å². The summed E-state index contributed by atoms with van der Waals surface area (Å²) in [5.74, 6) is -0.338. The number of rotatable bonds is 8. The van der Waals surface area contributed by atoms with E-state index in [1.54, 1.807) is 5.38 Å². The van der Waals surface area contributed by atoms with Gasteiger partial charge in [-0.05, 0) is 24.3 Å². The summed E-state index contributed by atoms with van der Waals surface area (Å²) in [5.41, 5.74) is 0.271. The highest BCUT2D eigenvalue weighted by Gasteiger charge is 2.15. The number of nitro groups is 1. The first kappa shape index (κ1) is 19.4. The van der Waals surface area contributed by atoms with Crippen LogP contribution in [0.25, 0.3) is 0 Å². The van der Waals surface area contributed by atoms with Gasteiger partial charge in [-0.15, -0.1) is 11.3 Å². The fraction of sp³-hybridized carbons (Fsp3) is 0.133. The molecule has 3 aromatic rings. The van der Waals surface area contributed by atoms with E-state index in [4.69, 9.17) is 0 Å². The van der Waals surface area contributed by atoms with E-state index in [9.17, 15) is 23.3 Å². The summed E-state index contributed by atoms with van der Waals surface area (Å²) in [6.45, 7) is 0.171. The van der Waals surface area contributed by atoms with Crippen LogP contribution >= 0.6 is 11.3 Å². The van der Waals surface area contributed by atoms with Crippen LogP contribution in [-0.2, 0) is 21.4 Å². The highest BCUT2D eigenvalue weighted by atomic mass is 32.2. The van der Waals surface area contributed by atoms with Crippen LogP contribution in [0.3, 0.4) is 0 Å². The summed E-state index contributed by atoms with van der Waals surface area (Å²) in [5, 5.41) is 18.9. The zero-order chi connectivity index (χ0) is 20.1. The normalized spacial score (nSPS) is 11.1. The smallest absolute Gasteiger partial charge is 0.306 e.